The molecule has 0 atom stereocenters. The van der Waals surface area contributed by atoms with Crippen molar-refractivity contribution in [3.05, 3.63) is 29.3 Å². The zero-order chi connectivity index (χ0) is 9.42. The third-order valence-electron chi connectivity index (χ3n) is 2.28. The number of amides is 1. The molecular formula is C10H9BNO. The molecule has 0 aromatic heterocycles. The van der Waals surface area contributed by atoms with Gasteiger partial charge in [-0.25, -0.2) is 0 Å². The molecule has 1 aromatic carbocycles. The first-order chi connectivity index (χ1) is 6.22. The monoisotopic (exact) mass is 170 g/mol. The van der Waals surface area contributed by atoms with Crippen LogP contribution in [0.1, 0.15) is 18.1 Å². The van der Waals surface area contributed by atoms with Gasteiger partial charge in [0.15, 0.2) is 0 Å². The Balaban J connectivity index is 2.54. The standard InChI is InChI=1S/C10H9BNO/c1-2-6-3-4-8-7(5-6)9(11)10(13)12-8/h3-5H,2H2,1H3,(H,12,13). The van der Waals surface area contributed by atoms with Crippen LogP contribution in [0.3, 0.4) is 0 Å². The maximum atomic E-state index is 11.2. The van der Waals surface area contributed by atoms with Crippen LogP contribution in [0.2, 0.25) is 0 Å². The molecule has 1 heterocycles. The second kappa shape index (κ2) is 2.84. The Bertz CT molecular complexity index is 398. The van der Waals surface area contributed by atoms with Gasteiger partial charge in [0.25, 0.3) is 0 Å². The molecule has 0 fully saturated rings. The van der Waals surface area contributed by atoms with E-state index in [1.165, 1.54) is 5.56 Å². The van der Waals surface area contributed by atoms with E-state index in [-0.39, 0.29) is 5.91 Å². The number of anilines is 1. The predicted octanol–water partition coefficient (Wildman–Crippen LogP) is 0.890. The Morgan fingerprint density at radius 1 is 1.46 bits per heavy atom. The SMILES string of the molecule is [B]=C1C(=O)Nc2ccc(CC)cc21. The molecule has 0 saturated heterocycles. The Labute approximate surface area is 78.0 Å². The summed E-state index contributed by atoms with van der Waals surface area (Å²) in [5.41, 5.74) is 3.17. The fraction of sp³-hybridized carbons (Fsp3) is 0.200. The Morgan fingerprint density at radius 2 is 2.23 bits per heavy atom. The van der Waals surface area contributed by atoms with Crippen molar-refractivity contribution in [3.63, 3.8) is 0 Å². The fourth-order valence-corrected chi connectivity index (χ4v) is 1.46. The van der Waals surface area contributed by atoms with Gasteiger partial charge in [-0.2, -0.15) is 0 Å². The van der Waals surface area contributed by atoms with E-state index in [0.717, 1.165) is 17.7 Å². The number of benzene rings is 1. The van der Waals surface area contributed by atoms with Gasteiger partial charge in [-0.15, -0.1) is 0 Å². The van der Waals surface area contributed by atoms with E-state index in [9.17, 15) is 4.79 Å². The number of fused-ring (bicyclic) bond motifs is 1. The third kappa shape index (κ3) is 1.20. The van der Waals surface area contributed by atoms with Gasteiger partial charge < -0.3 is 0 Å². The molecule has 1 amide bonds. The normalized spacial score (nSPS) is 14.2. The van der Waals surface area contributed by atoms with Crippen molar-refractivity contribution in [2.75, 3.05) is 5.32 Å². The average Bonchev–Trinajstić information content (AvgIpc) is 2.43. The summed E-state index contributed by atoms with van der Waals surface area (Å²) >= 11 is 0. The van der Waals surface area contributed by atoms with Crippen LogP contribution in [0.25, 0.3) is 0 Å². The summed E-state index contributed by atoms with van der Waals surface area (Å²) in [6.07, 6.45) is 0.953. The van der Waals surface area contributed by atoms with Crippen LogP contribution in [0.5, 0.6) is 0 Å². The summed E-state index contributed by atoms with van der Waals surface area (Å²) in [6.45, 7) is 2.07. The summed E-state index contributed by atoms with van der Waals surface area (Å²) in [7, 11) is 5.62. The van der Waals surface area contributed by atoms with Gasteiger partial charge in [-0.3, -0.25) is 0 Å². The molecule has 1 N–H and O–H groups in total. The average molecular weight is 170 g/mol. The van der Waals surface area contributed by atoms with Crippen molar-refractivity contribution in [1.29, 1.82) is 0 Å². The first kappa shape index (κ1) is 8.23. The van der Waals surface area contributed by atoms with Crippen molar-refractivity contribution >= 4 is 24.5 Å². The van der Waals surface area contributed by atoms with E-state index >= 15 is 0 Å². The van der Waals surface area contributed by atoms with E-state index in [4.69, 9.17) is 7.49 Å². The van der Waals surface area contributed by atoms with Crippen LogP contribution in [-0.4, -0.2) is 18.9 Å². The molecule has 1 aromatic rings. The number of carbonyl (C=O) groups excluding carboxylic acids is 1. The number of rotatable bonds is 1. The maximum absolute atomic E-state index is 11.2. The van der Waals surface area contributed by atoms with Crippen molar-refractivity contribution in [3.8, 4) is 0 Å². The van der Waals surface area contributed by atoms with Crippen LogP contribution in [0.4, 0.5) is 5.69 Å². The number of hydrogen-bond acceptors (Lipinski definition) is 1. The number of carbonyl (C=O) groups is 1. The number of hydrogen-bond donors (Lipinski definition) is 1. The molecule has 13 heavy (non-hydrogen) atoms. The van der Waals surface area contributed by atoms with Crippen LogP contribution in [0, 0.1) is 0 Å². The molecule has 0 unspecified atom stereocenters. The molecule has 0 spiro atoms. The Kier molecular flexibility index (Phi) is 1.80. The Hall–Kier alpha value is -1.38. The van der Waals surface area contributed by atoms with Crippen molar-refractivity contribution in [1.82, 2.24) is 0 Å². The van der Waals surface area contributed by atoms with Crippen LogP contribution in [0.15, 0.2) is 18.2 Å². The summed E-state index contributed by atoms with van der Waals surface area (Å²) in [5.74, 6) is -0.191. The van der Waals surface area contributed by atoms with Gasteiger partial charge in [-0.1, -0.05) is 0 Å². The van der Waals surface area contributed by atoms with Crippen molar-refractivity contribution < 1.29 is 4.79 Å². The van der Waals surface area contributed by atoms with Gasteiger partial charge in [0.1, 0.15) is 0 Å². The second-order valence-corrected chi connectivity index (χ2v) is 3.10. The first-order valence-corrected chi connectivity index (χ1v) is 4.29. The predicted molar refractivity (Wildman–Crippen MR) is 54.3 cm³/mol. The Morgan fingerprint density at radius 3 is 2.92 bits per heavy atom. The van der Waals surface area contributed by atoms with E-state index in [1.807, 2.05) is 18.2 Å². The summed E-state index contributed by atoms with van der Waals surface area (Å²) in [5, 5.41) is 2.70. The molecule has 0 aliphatic carbocycles. The van der Waals surface area contributed by atoms with Crippen LogP contribution >= 0.6 is 0 Å². The third-order valence-corrected chi connectivity index (χ3v) is 2.28. The molecule has 63 valence electrons. The molecule has 0 saturated carbocycles. The molecule has 1 radical (unpaired) electrons. The van der Waals surface area contributed by atoms with Gasteiger partial charge in [0.05, 0.1) is 0 Å². The molecule has 1 aliphatic rings. The molecule has 1 aliphatic heterocycles. The van der Waals surface area contributed by atoms with Crippen LogP contribution in [-0.2, 0) is 11.2 Å². The minimum atomic E-state index is -0.191. The van der Waals surface area contributed by atoms with Gasteiger partial charge in [0, 0.05) is 0 Å². The summed E-state index contributed by atoms with van der Waals surface area (Å²) in [4.78, 5) is 11.2. The minimum absolute atomic E-state index is 0.191. The van der Waals surface area contributed by atoms with Crippen molar-refractivity contribution in [2.24, 2.45) is 0 Å². The fourth-order valence-electron chi connectivity index (χ4n) is 1.46. The molecule has 2 nitrogen and oxygen atoms in total. The molecule has 2 rings (SSSR count). The van der Waals surface area contributed by atoms with Gasteiger partial charge in [0.2, 0.25) is 0 Å². The zero-order valence-electron chi connectivity index (χ0n) is 7.42. The molecule has 0 bridgehead atoms. The van der Waals surface area contributed by atoms with Gasteiger partial charge >= 0.3 is 77.3 Å². The first-order valence-electron chi connectivity index (χ1n) is 4.29. The number of nitrogens with one attached hydrogen (secondary N) is 1. The number of aryl methyl sites for hydroxylation is 1. The summed E-state index contributed by atoms with van der Waals surface area (Å²) < 4.78 is 0. The van der Waals surface area contributed by atoms with E-state index < -0.39 is 0 Å². The van der Waals surface area contributed by atoms with Crippen molar-refractivity contribution in [2.45, 2.75) is 13.3 Å². The van der Waals surface area contributed by atoms with E-state index in [1.54, 1.807) is 0 Å². The zero-order valence-corrected chi connectivity index (χ0v) is 7.42. The van der Waals surface area contributed by atoms with E-state index in [0.29, 0.717) is 5.46 Å². The second-order valence-electron chi connectivity index (χ2n) is 3.10. The van der Waals surface area contributed by atoms with Gasteiger partial charge in [-0.05, 0) is 0 Å². The quantitative estimate of drug-likeness (QED) is 0.623. The van der Waals surface area contributed by atoms with E-state index in [2.05, 4.69) is 12.2 Å². The summed E-state index contributed by atoms with van der Waals surface area (Å²) in [6, 6.07) is 5.85. The topological polar surface area (TPSA) is 29.1 Å². The molecule has 3 heteroatoms. The van der Waals surface area contributed by atoms with Crippen LogP contribution < -0.4 is 5.32 Å². The molecular weight excluding hydrogens is 161 g/mol.